The summed E-state index contributed by atoms with van der Waals surface area (Å²) in [5.41, 5.74) is 3.10. The molecular weight excluding hydrogens is 392 g/mol. The quantitative estimate of drug-likeness (QED) is 0.605. The molecule has 0 unspecified atom stereocenters. The molecule has 1 fully saturated rings. The number of rotatable bonds is 2. The van der Waals surface area contributed by atoms with Crippen LogP contribution in [-0.4, -0.2) is 51.2 Å². The zero-order valence-corrected chi connectivity index (χ0v) is 16.1. The van der Waals surface area contributed by atoms with Crippen LogP contribution in [0.1, 0.15) is 44.5 Å². The van der Waals surface area contributed by atoms with Crippen molar-refractivity contribution in [3.63, 3.8) is 0 Å². The zero-order chi connectivity index (χ0) is 21.4. The summed E-state index contributed by atoms with van der Waals surface area (Å²) in [6, 6.07) is 8.09. The Morgan fingerprint density at radius 2 is 1.83 bits per heavy atom. The first-order valence-electron chi connectivity index (χ1n) is 9.45. The molecule has 30 heavy (non-hydrogen) atoms. The molecule has 3 heterocycles. The molecule has 3 amide bonds. The maximum atomic E-state index is 12.9. The smallest absolute Gasteiger partial charge is 0.276 e. The van der Waals surface area contributed by atoms with Gasteiger partial charge in [0.15, 0.2) is 17.7 Å². The number of hydrogen-bond donors (Lipinski definition) is 3. The Kier molecular flexibility index (Phi) is 5.00. The highest BCUT2D eigenvalue weighted by Crippen LogP contribution is 2.29. The van der Waals surface area contributed by atoms with E-state index in [4.69, 9.17) is 4.74 Å². The summed E-state index contributed by atoms with van der Waals surface area (Å²) in [6.45, 7) is 2.52. The summed E-state index contributed by atoms with van der Waals surface area (Å²) in [4.78, 5) is 51.4. The van der Waals surface area contributed by atoms with Crippen LogP contribution < -0.4 is 16.3 Å². The molecule has 0 saturated carbocycles. The molecule has 10 nitrogen and oxygen atoms in total. The molecule has 2 aliphatic rings. The highest BCUT2D eigenvalue weighted by Gasteiger charge is 2.41. The standard InChI is InChI=1S/C20H20N4O6/c1-11-7-8-30-14-10-23-9-13(16(25)17(26)15(23)20(29)24(11)14)19(28)22-21-18(27)12-5-3-2-4-6-12/h2-6,9,11,14,26H,7-8,10H2,1H3,(H,21,27)(H,22,28)/t11-,14+/m1/s1. The van der Waals surface area contributed by atoms with Crippen LogP contribution in [0.25, 0.3) is 0 Å². The Morgan fingerprint density at radius 3 is 2.57 bits per heavy atom. The number of carbonyl (C=O) groups excluding carboxylic acids is 3. The Balaban J connectivity index is 1.59. The number of aromatic nitrogens is 1. The van der Waals surface area contributed by atoms with Gasteiger partial charge in [-0.3, -0.25) is 30.0 Å². The van der Waals surface area contributed by atoms with E-state index in [-0.39, 0.29) is 18.3 Å². The molecule has 3 N–H and O–H groups in total. The summed E-state index contributed by atoms with van der Waals surface area (Å²) in [6.07, 6.45) is 1.29. The van der Waals surface area contributed by atoms with Gasteiger partial charge in [-0.15, -0.1) is 0 Å². The van der Waals surface area contributed by atoms with Crippen molar-refractivity contribution in [3.05, 3.63) is 63.6 Å². The van der Waals surface area contributed by atoms with Crippen molar-refractivity contribution in [2.24, 2.45) is 0 Å². The molecule has 156 valence electrons. The lowest BCUT2D eigenvalue weighted by Crippen LogP contribution is -2.57. The minimum Gasteiger partial charge on any atom is -0.503 e. The van der Waals surface area contributed by atoms with Gasteiger partial charge in [0.1, 0.15) is 5.56 Å². The van der Waals surface area contributed by atoms with E-state index in [1.54, 1.807) is 30.3 Å². The fourth-order valence-corrected chi connectivity index (χ4v) is 3.66. The molecule has 1 aromatic carbocycles. The minimum absolute atomic E-state index is 0.101. The van der Waals surface area contributed by atoms with Gasteiger partial charge in [0.05, 0.1) is 13.2 Å². The van der Waals surface area contributed by atoms with Crippen LogP contribution in [0.15, 0.2) is 41.3 Å². The molecule has 4 rings (SSSR count). The van der Waals surface area contributed by atoms with Crippen LogP contribution in [-0.2, 0) is 11.3 Å². The summed E-state index contributed by atoms with van der Waals surface area (Å²) >= 11 is 0. The van der Waals surface area contributed by atoms with Gasteiger partial charge in [-0.05, 0) is 25.5 Å². The second-order valence-corrected chi connectivity index (χ2v) is 7.17. The molecule has 0 radical (unpaired) electrons. The molecule has 0 spiro atoms. The van der Waals surface area contributed by atoms with Crippen molar-refractivity contribution in [1.82, 2.24) is 20.3 Å². The zero-order valence-electron chi connectivity index (χ0n) is 16.1. The summed E-state index contributed by atoms with van der Waals surface area (Å²) in [5.74, 6) is -2.82. The fourth-order valence-electron chi connectivity index (χ4n) is 3.66. The molecule has 1 aromatic heterocycles. The lowest BCUT2D eigenvalue weighted by atomic mass is 10.1. The number of hydrazine groups is 1. The second-order valence-electron chi connectivity index (χ2n) is 7.17. The minimum atomic E-state index is -0.995. The van der Waals surface area contributed by atoms with Gasteiger partial charge in [0.2, 0.25) is 5.43 Å². The topological polar surface area (TPSA) is 130 Å². The number of hydrogen-bond acceptors (Lipinski definition) is 6. The first kappa shape index (κ1) is 19.6. The van der Waals surface area contributed by atoms with E-state index in [1.807, 2.05) is 6.92 Å². The number of nitrogens with one attached hydrogen (secondary N) is 2. The number of benzene rings is 1. The number of amides is 3. The van der Waals surface area contributed by atoms with Crippen LogP contribution in [0.5, 0.6) is 5.75 Å². The average Bonchev–Trinajstić information content (AvgIpc) is 2.74. The van der Waals surface area contributed by atoms with E-state index < -0.39 is 40.7 Å². The summed E-state index contributed by atoms with van der Waals surface area (Å²) in [7, 11) is 0. The highest BCUT2D eigenvalue weighted by molar-refractivity contribution is 6.01. The first-order valence-corrected chi connectivity index (χ1v) is 9.45. The molecule has 0 bridgehead atoms. The summed E-state index contributed by atoms with van der Waals surface area (Å²) < 4.78 is 6.98. The Morgan fingerprint density at radius 1 is 1.13 bits per heavy atom. The third-order valence-electron chi connectivity index (χ3n) is 5.25. The van der Waals surface area contributed by atoms with E-state index in [0.717, 1.165) is 0 Å². The molecule has 2 aliphatic heterocycles. The molecule has 10 heteroatoms. The molecule has 1 saturated heterocycles. The third kappa shape index (κ3) is 3.30. The van der Waals surface area contributed by atoms with E-state index >= 15 is 0 Å². The monoisotopic (exact) mass is 412 g/mol. The van der Waals surface area contributed by atoms with Gasteiger partial charge in [0.25, 0.3) is 17.7 Å². The molecule has 2 aromatic rings. The van der Waals surface area contributed by atoms with E-state index in [2.05, 4.69) is 10.9 Å². The van der Waals surface area contributed by atoms with Crippen molar-refractivity contribution >= 4 is 17.7 Å². The Labute approximate surface area is 171 Å². The number of ether oxygens (including phenoxy) is 1. The number of aromatic hydroxyl groups is 1. The number of nitrogens with zero attached hydrogens (tertiary/aromatic N) is 2. The highest BCUT2D eigenvalue weighted by atomic mass is 16.5. The van der Waals surface area contributed by atoms with Crippen molar-refractivity contribution in [3.8, 4) is 5.75 Å². The summed E-state index contributed by atoms with van der Waals surface area (Å²) in [5, 5.41) is 10.4. The lowest BCUT2D eigenvalue weighted by molar-refractivity contribution is -0.112. The van der Waals surface area contributed by atoms with Gasteiger partial charge in [-0.2, -0.15) is 0 Å². The van der Waals surface area contributed by atoms with E-state index in [1.165, 1.54) is 15.7 Å². The van der Waals surface area contributed by atoms with Crippen molar-refractivity contribution in [2.75, 3.05) is 6.61 Å². The number of fused-ring (bicyclic) bond motifs is 2. The van der Waals surface area contributed by atoms with Crippen LogP contribution in [0, 0.1) is 0 Å². The Bertz CT molecular complexity index is 1080. The number of carbonyl (C=O) groups is 3. The van der Waals surface area contributed by atoms with Crippen molar-refractivity contribution < 1.29 is 24.2 Å². The van der Waals surface area contributed by atoms with Gasteiger partial charge in [0, 0.05) is 17.8 Å². The van der Waals surface area contributed by atoms with E-state index in [9.17, 15) is 24.3 Å². The average molecular weight is 412 g/mol. The maximum Gasteiger partial charge on any atom is 0.276 e. The van der Waals surface area contributed by atoms with Gasteiger partial charge in [-0.1, -0.05) is 18.2 Å². The van der Waals surface area contributed by atoms with Crippen LogP contribution >= 0.6 is 0 Å². The molecular formula is C20H20N4O6. The number of pyridine rings is 1. The third-order valence-corrected chi connectivity index (χ3v) is 5.25. The normalized spacial score (nSPS) is 20.2. The largest absolute Gasteiger partial charge is 0.503 e. The van der Waals surface area contributed by atoms with Gasteiger partial charge >= 0.3 is 0 Å². The molecule has 0 aliphatic carbocycles. The fraction of sp³-hybridized carbons (Fsp3) is 0.300. The molecule has 2 atom stereocenters. The van der Waals surface area contributed by atoms with Crippen molar-refractivity contribution in [1.29, 1.82) is 0 Å². The van der Waals surface area contributed by atoms with Crippen LogP contribution in [0.4, 0.5) is 0 Å². The first-order chi connectivity index (χ1) is 14.4. The maximum absolute atomic E-state index is 12.9. The Hall–Kier alpha value is -3.66. The van der Waals surface area contributed by atoms with Gasteiger partial charge in [-0.25, -0.2) is 0 Å². The van der Waals surface area contributed by atoms with E-state index in [0.29, 0.717) is 18.6 Å². The predicted octanol–water partition coefficient (Wildman–Crippen LogP) is 0.219. The van der Waals surface area contributed by atoms with Gasteiger partial charge < -0.3 is 19.3 Å². The van der Waals surface area contributed by atoms with Crippen LogP contribution in [0.2, 0.25) is 0 Å². The predicted molar refractivity (Wildman–Crippen MR) is 104 cm³/mol. The SMILES string of the molecule is C[C@@H]1CCO[C@H]2Cn3cc(C(=O)NNC(=O)c4ccccc4)c(=O)c(O)c3C(=O)N12. The van der Waals surface area contributed by atoms with Crippen molar-refractivity contribution in [2.45, 2.75) is 32.2 Å². The van der Waals surface area contributed by atoms with Crippen LogP contribution in [0.3, 0.4) is 0 Å². The lowest BCUT2D eigenvalue weighted by Gasteiger charge is -2.44. The second kappa shape index (κ2) is 7.64.